The van der Waals surface area contributed by atoms with Crippen LogP contribution in [0.3, 0.4) is 0 Å². The largest absolute Gasteiger partial charge is 0.490 e. The number of hydrogen-bond donors (Lipinski definition) is 2. The molecule has 0 saturated carbocycles. The normalized spacial score (nSPS) is 14.7. The molecule has 1 heterocycles. The second-order valence-electron chi connectivity index (χ2n) is 9.12. The fraction of sp³-hybridized carbons (Fsp3) is 0.519. The van der Waals surface area contributed by atoms with E-state index in [4.69, 9.17) is 14.2 Å². The molecule has 1 atom stereocenters. The van der Waals surface area contributed by atoms with Crippen LogP contribution in [0.2, 0.25) is 0 Å². The van der Waals surface area contributed by atoms with Crippen molar-refractivity contribution in [3.63, 3.8) is 0 Å². The number of anilines is 1. The van der Waals surface area contributed by atoms with Gasteiger partial charge in [0.2, 0.25) is 15.9 Å². The quantitative estimate of drug-likeness (QED) is 0.214. The Morgan fingerprint density at radius 1 is 1.12 bits per heavy atom. The van der Waals surface area contributed by atoms with Crippen molar-refractivity contribution in [2.24, 2.45) is 0 Å². The van der Waals surface area contributed by atoms with Crippen LogP contribution in [0.1, 0.15) is 25.8 Å². The highest BCUT2D eigenvalue weighted by Gasteiger charge is 2.30. The van der Waals surface area contributed by atoms with Crippen molar-refractivity contribution in [3.8, 4) is 11.5 Å². The van der Waals surface area contributed by atoms with E-state index in [9.17, 15) is 23.3 Å². The van der Waals surface area contributed by atoms with E-state index in [-0.39, 0.29) is 42.8 Å². The molecule has 2 aromatic carbocycles. The Kier molecular flexibility index (Phi) is 12.5. The summed E-state index contributed by atoms with van der Waals surface area (Å²) in [6.07, 6.45) is 2.86. The van der Waals surface area contributed by atoms with Gasteiger partial charge in [0.25, 0.3) is 5.69 Å². The van der Waals surface area contributed by atoms with Gasteiger partial charge in [-0.1, -0.05) is 6.07 Å². The maximum absolute atomic E-state index is 13.2. The Bertz CT molecular complexity index is 1290. The Balaban J connectivity index is 1.72. The Morgan fingerprint density at radius 3 is 2.49 bits per heavy atom. The Labute approximate surface area is 245 Å². The highest BCUT2D eigenvalue weighted by Crippen LogP contribution is 2.31. The van der Waals surface area contributed by atoms with Gasteiger partial charge >= 0.3 is 0 Å². The van der Waals surface area contributed by atoms with Crippen molar-refractivity contribution < 1.29 is 32.3 Å². The Morgan fingerprint density at radius 2 is 1.83 bits per heavy atom. The van der Waals surface area contributed by atoms with Gasteiger partial charge in [-0.25, -0.2) is 8.42 Å². The van der Waals surface area contributed by atoms with E-state index in [2.05, 4.69) is 10.6 Å². The number of hydrogen-bond acceptors (Lipinski definition) is 10. The molecule has 0 unspecified atom stereocenters. The SMILES string of the molecule is CCOc1ccc(CCNC(=O)[C@@H](CCSC)Nc2ccc(S(=O)(=O)N3CCOCC3)cc2[N+](=O)[O-])cc1OCC. The molecule has 1 aliphatic rings. The molecule has 1 saturated heterocycles. The third-order valence-corrected chi connectivity index (χ3v) is 8.89. The topological polar surface area (TPSA) is 149 Å². The molecule has 1 fully saturated rings. The second-order valence-corrected chi connectivity index (χ2v) is 12.0. The lowest BCUT2D eigenvalue weighted by Gasteiger charge is -2.26. The first-order valence-electron chi connectivity index (χ1n) is 13.5. The van der Waals surface area contributed by atoms with Crippen LogP contribution in [-0.4, -0.2) is 87.7 Å². The van der Waals surface area contributed by atoms with E-state index >= 15 is 0 Å². The molecule has 0 aliphatic carbocycles. The molecule has 226 valence electrons. The average molecular weight is 611 g/mol. The minimum atomic E-state index is -3.92. The fourth-order valence-corrected chi connectivity index (χ4v) is 6.18. The van der Waals surface area contributed by atoms with Gasteiger partial charge in [-0.2, -0.15) is 16.1 Å². The molecule has 0 bridgehead atoms. The second kappa shape index (κ2) is 15.8. The number of nitro benzene ring substituents is 1. The van der Waals surface area contributed by atoms with E-state index in [1.54, 1.807) is 11.8 Å². The summed E-state index contributed by atoms with van der Waals surface area (Å²) >= 11 is 1.55. The molecule has 3 rings (SSSR count). The first-order chi connectivity index (χ1) is 19.7. The lowest BCUT2D eigenvalue weighted by Crippen LogP contribution is -2.41. The zero-order valence-corrected chi connectivity index (χ0v) is 25.2. The zero-order chi connectivity index (χ0) is 29.8. The van der Waals surface area contributed by atoms with Gasteiger partial charge in [0.15, 0.2) is 11.5 Å². The van der Waals surface area contributed by atoms with Crippen molar-refractivity contribution in [1.29, 1.82) is 0 Å². The van der Waals surface area contributed by atoms with Gasteiger partial charge in [-0.05, 0) is 68.5 Å². The number of ether oxygens (including phenoxy) is 3. The van der Waals surface area contributed by atoms with E-state index in [0.717, 1.165) is 11.6 Å². The number of thioether (sulfide) groups is 1. The summed E-state index contributed by atoms with van der Waals surface area (Å²) in [5, 5.41) is 17.8. The predicted octanol–water partition coefficient (Wildman–Crippen LogP) is 3.31. The van der Waals surface area contributed by atoms with E-state index < -0.39 is 26.7 Å². The van der Waals surface area contributed by atoms with Crippen molar-refractivity contribution in [3.05, 3.63) is 52.1 Å². The van der Waals surface area contributed by atoms with Gasteiger partial charge in [0, 0.05) is 25.7 Å². The third kappa shape index (κ3) is 8.96. The molecule has 2 aromatic rings. The molecule has 2 N–H and O–H groups in total. The summed E-state index contributed by atoms with van der Waals surface area (Å²) in [4.78, 5) is 24.3. The predicted molar refractivity (Wildman–Crippen MR) is 159 cm³/mol. The number of nitrogens with zero attached hydrogens (tertiary/aromatic N) is 2. The number of sulfonamides is 1. The number of carbonyl (C=O) groups excluding carboxylic acids is 1. The maximum atomic E-state index is 13.2. The molecule has 0 aromatic heterocycles. The number of amides is 1. The number of benzene rings is 2. The lowest BCUT2D eigenvalue weighted by molar-refractivity contribution is -0.384. The van der Waals surface area contributed by atoms with Gasteiger partial charge in [-0.3, -0.25) is 14.9 Å². The first-order valence-corrected chi connectivity index (χ1v) is 16.3. The van der Waals surface area contributed by atoms with Crippen molar-refractivity contribution in [2.45, 2.75) is 37.6 Å². The highest BCUT2D eigenvalue weighted by atomic mass is 32.2. The number of morpholine rings is 1. The monoisotopic (exact) mass is 610 g/mol. The molecule has 41 heavy (non-hydrogen) atoms. The van der Waals surface area contributed by atoms with Crippen LogP contribution < -0.4 is 20.1 Å². The van der Waals surface area contributed by atoms with Gasteiger partial charge < -0.3 is 24.8 Å². The summed E-state index contributed by atoms with van der Waals surface area (Å²) in [6.45, 7) is 6.03. The van der Waals surface area contributed by atoms with Gasteiger partial charge in [-0.15, -0.1) is 0 Å². The van der Waals surface area contributed by atoms with Crippen LogP contribution in [0, 0.1) is 10.1 Å². The summed E-state index contributed by atoms with van der Waals surface area (Å²) in [7, 11) is -3.92. The summed E-state index contributed by atoms with van der Waals surface area (Å²) in [6, 6.07) is 8.60. The number of nitro groups is 1. The van der Waals surface area contributed by atoms with E-state index in [1.807, 2.05) is 38.3 Å². The van der Waals surface area contributed by atoms with Crippen molar-refractivity contribution in [2.75, 3.05) is 63.4 Å². The smallest absolute Gasteiger partial charge is 0.293 e. The first kappa shape index (κ1) is 32.4. The summed E-state index contributed by atoms with van der Waals surface area (Å²) in [5.41, 5.74) is 0.614. The standard InChI is InChI=1S/C27H38N4O8S2/c1-4-38-25-9-6-20(18-26(25)39-5-2)10-12-28-27(32)23(11-17-40-3)29-22-8-7-21(19-24(22)31(33)34)41(35,36)30-13-15-37-16-14-30/h6-9,18-19,23,29H,4-5,10-17H2,1-3H3,(H,28,32)/t23-/m1/s1. The van der Waals surface area contributed by atoms with Crippen molar-refractivity contribution >= 4 is 39.1 Å². The molecule has 12 nitrogen and oxygen atoms in total. The minimum Gasteiger partial charge on any atom is -0.490 e. The molecule has 14 heteroatoms. The molecule has 1 amide bonds. The Hall–Kier alpha value is -3.07. The van der Waals surface area contributed by atoms with E-state index in [1.165, 1.54) is 16.4 Å². The van der Waals surface area contributed by atoms with Crippen LogP contribution in [-0.2, 0) is 26.0 Å². The van der Waals surface area contributed by atoms with Crippen LogP contribution >= 0.6 is 11.8 Å². The molecule has 0 spiro atoms. The van der Waals surface area contributed by atoms with Crippen LogP contribution in [0.15, 0.2) is 41.3 Å². The zero-order valence-electron chi connectivity index (χ0n) is 23.6. The van der Waals surface area contributed by atoms with Crippen LogP contribution in [0.5, 0.6) is 11.5 Å². The van der Waals surface area contributed by atoms with Crippen molar-refractivity contribution in [1.82, 2.24) is 9.62 Å². The van der Waals surface area contributed by atoms with Gasteiger partial charge in [0.05, 0.1) is 36.2 Å². The van der Waals surface area contributed by atoms with Crippen LogP contribution in [0.4, 0.5) is 11.4 Å². The van der Waals surface area contributed by atoms with E-state index in [0.29, 0.717) is 49.9 Å². The molecular weight excluding hydrogens is 572 g/mol. The van der Waals surface area contributed by atoms with Crippen LogP contribution in [0.25, 0.3) is 0 Å². The summed E-state index contributed by atoms with van der Waals surface area (Å²) in [5.74, 6) is 1.63. The number of nitrogens with one attached hydrogen (secondary N) is 2. The highest BCUT2D eigenvalue weighted by molar-refractivity contribution is 7.98. The molecule has 0 radical (unpaired) electrons. The summed E-state index contributed by atoms with van der Waals surface area (Å²) < 4.78 is 43.8. The lowest BCUT2D eigenvalue weighted by atomic mass is 10.1. The van der Waals surface area contributed by atoms with Gasteiger partial charge in [0.1, 0.15) is 11.7 Å². The fourth-order valence-electron chi connectivity index (χ4n) is 4.28. The number of rotatable bonds is 16. The molecular formula is C27H38N4O8S2. The maximum Gasteiger partial charge on any atom is 0.293 e. The number of carbonyl (C=O) groups is 1. The molecule has 1 aliphatic heterocycles. The minimum absolute atomic E-state index is 0.0741. The third-order valence-electron chi connectivity index (χ3n) is 6.35. The average Bonchev–Trinajstić information content (AvgIpc) is 2.97.